The normalized spacial score (nSPS) is 9.74. The number of methoxy groups -OCH3 is 1. The van der Waals surface area contributed by atoms with Crippen molar-refractivity contribution in [1.29, 1.82) is 0 Å². The molecule has 0 aliphatic heterocycles. The van der Waals surface area contributed by atoms with Crippen molar-refractivity contribution in [3.05, 3.63) is 66.2 Å². The fourth-order valence-electron chi connectivity index (χ4n) is 1.69. The first-order valence-electron chi connectivity index (χ1n) is 5.82. The lowest BCUT2D eigenvalue weighted by molar-refractivity contribution is 0.0600. The molecule has 0 aliphatic carbocycles. The molecule has 0 bridgehead atoms. The van der Waals surface area contributed by atoms with E-state index in [-0.39, 0.29) is 5.97 Å². The summed E-state index contributed by atoms with van der Waals surface area (Å²) in [6, 6.07) is 14.6. The second-order valence-corrected chi connectivity index (χ2v) is 3.86. The van der Waals surface area contributed by atoms with Crippen molar-refractivity contribution in [1.82, 2.24) is 0 Å². The molecule has 0 amide bonds. The number of benzene rings is 2. The third kappa shape index (κ3) is 3.01. The van der Waals surface area contributed by atoms with Crippen LogP contribution in [0, 0.1) is 0 Å². The fourth-order valence-corrected chi connectivity index (χ4v) is 1.69. The predicted molar refractivity (Wildman–Crippen MR) is 74.4 cm³/mol. The highest BCUT2D eigenvalue weighted by atomic mass is 16.5. The Bertz CT molecular complexity index is 588. The van der Waals surface area contributed by atoms with Crippen LogP contribution in [0.3, 0.4) is 0 Å². The molecule has 0 saturated carbocycles. The monoisotopic (exact) mass is 254 g/mol. The first-order chi connectivity index (χ1) is 9.24. The van der Waals surface area contributed by atoms with Gasteiger partial charge in [0.1, 0.15) is 11.5 Å². The molecule has 19 heavy (non-hydrogen) atoms. The number of hydrogen-bond donors (Lipinski definition) is 0. The van der Waals surface area contributed by atoms with E-state index in [1.807, 2.05) is 30.3 Å². The van der Waals surface area contributed by atoms with Crippen LogP contribution in [-0.2, 0) is 4.74 Å². The third-order valence-electron chi connectivity index (χ3n) is 2.63. The van der Waals surface area contributed by atoms with Crippen LogP contribution in [0.25, 0.3) is 6.08 Å². The first kappa shape index (κ1) is 12.9. The molecule has 3 nitrogen and oxygen atoms in total. The minimum absolute atomic E-state index is 0.388. The molecule has 0 atom stereocenters. The average Bonchev–Trinajstić information content (AvgIpc) is 2.47. The van der Waals surface area contributed by atoms with Crippen LogP contribution in [0.4, 0.5) is 0 Å². The Kier molecular flexibility index (Phi) is 3.98. The van der Waals surface area contributed by atoms with Crippen molar-refractivity contribution < 1.29 is 14.3 Å². The summed E-state index contributed by atoms with van der Waals surface area (Å²) in [4.78, 5) is 11.6. The minimum Gasteiger partial charge on any atom is -0.465 e. The lowest BCUT2D eigenvalue weighted by atomic mass is 10.1. The summed E-state index contributed by atoms with van der Waals surface area (Å²) in [5.74, 6) is 0.998. The van der Waals surface area contributed by atoms with Gasteiger partial charge in [0.2, 0.25) is 0 Å². The second-order valence-electron chi connectivity index (χ2n) is 3.86. The largest absolute Gasteiger partial charge is 0.465 e. The Morgan fingerprint density at radius 2 is 1.84 bits per heavy atom. The average molecular weight is 254 g/mol. The number of hydrogen-bond acceptors (Lipinski definition) is 3. The molecule has 0 unspecified atom stereocenters. The number of carbonyl (C=O) groups excluding carboxylic acids is 1. The minimum atomic E-state index is -0.388. The molecule has 2 rings (SSSR count). The summed E-state index contributed by atoms with van der Waals surface area (Å²) in [6.45, 7) is 3.69. The van der Waals surface area contributed by atoms with Gasteiger partial charge in [-0.3, -0.25) is 0 Å². The van der Waals surface area contributed by atoms with Crippen molar-refractivity contribution in [2.45, 2.75) is 0 Å². The van der Waals surface area contributed by atoms with Crippen molar-refractivity contribution in [3.63, 3.8) is 0 Å². The molecule has 3 heteroatoms. The molecule has 2 aromatic rings. The van der Waals surface area contributed by atoms with Crippen molar-refractivity contribution in [3.8, 4) is 11.5 Å². The number of carbonyl (C=O) groups is 1. The lowest BCUT2D eigenvalue weighted by Crippen LogP contribution is -2.03. The highest BCUT2D eigenvalue weighted by Crippen LogP contribution is 2.24. The quantitative estimate of drug-likeness (QED) is 0.776. The molecule has 0 aliphatic rings. The molecular weight excluding hydrogens is 240 g/mol. The van der Waals surface area contributed by atoms with E-state index in [1.54, 1.807) is 24.3 Å². The van der Waals surface area contributed by atoms with E-state index in [9.17, 15) is 4.79 Å². The summed E-state index contributed by atoms with van der Waals surface area (Å²) in [5.41, 5.74) is 1.15. The molecule has 0 N–H and O–H groups in total. The summed E-state index contributed by atoms with van der Waals surface area (Å²) in [7, 11) is 1.35. The molecule has 0 aromatic heterocycles. The van der Waals surface area contributed by atoms with Gasteiger partial charge in [0.25, 0.3) is 0 Å². The zero-order valence-electron chi connectivity index (χ0n) is 10.6. The van der Waals surface area contributed by atoms with Gasteiger partial charge in [-0.15, -0.1) is 0 Å². The molecular formula is C16H14O3. The van der Waals surface area contributed by atoms with E-state index >= 15 is 0 Å². The van der Waals surface area contributed by atoms with Crippen LogP contribution in [0.1, 0.15) is 15.9 Å². The van der Waals surface area contributed by atoms with Gasteiger partial charge in [-0.25, -0.2) is 4.79 Å². The van der Waals surface area contributed by atoms with E-state index in [0.717, 1.165) is 5.75 Å². The van der Waals surface area contributed by atoms with Crippen molar-refractivity contribution in [2.75, 3.05) is 7.11 Å². The van der Waals surface area contributed by atoms with Gasteiger partial charge in [0.05, 0.1) is 12.7 Å². The van der Waals surface area contributed by atoms with Crippen LogP contribution in [0.2, 0.25) is 0 Å². The second kappa shape index (κ2) is 5.87. The zero-order chi connectivity index (χ0) is 13.7. The van der Waals surface area contributed by atoms with E-state index < -0.39 is 0 Å². The van der Waals surface area contributed by atoms with E-state index in [2.05, 4.69) is 6.58 Å². The van der Waals surface area contributed by atoms with Crippen LogP contribution >= 0.6 is 0 Å². The van der Waals surface area contributed by atoms with Crippen LogP contribution in [-0.4, -0.2) is 13.1 Å². The highest BCUT2D eigenvalue weighted by Gasteiger charge is 2.10. The summed E-state index contributed by atoms with van der Waals surface area (Å²) in [5, 5.41) is 0. The number of para-hydroxylation sites is 1. The van der Waals surface area contributed by atoms with Crippen LogP contribution < -0.4 is 4.74 Å². The van der Waals surface area contributed by atoms with E-state index in [1.165, 1.54) is 7.11 Å². The molecule has 0 heterocycles. The molecule has 2 aromatic carbocycles. The Morgan fingerprint density at radius 3 is 2.47 bits per heavy atom. The third-order valence-corrected chi connectivity index (χ3v) is 2.63. The number of esters is 1. The summed E-state index contributed by atoms with van der Waals surface area (Å²) < 4.78 is 10.4. The summed E-state index contributed by atoms with van der Waals surface area (Å²) >= 11 is 0. The number of rotatable bonds is 4. The maximum atomic E-state index is 11.6. The van der Waals surface area contributed by atoms with E-state index in [0.29, 0.717) is 16.9 Å². The topological polar surface area (TPSA) is 35.5 Å². The van der Waals surface area contributed by atoms with Gasteiger partial charge in [-0.1, -0.05) is 30.9 Å². The van der Waals surface area contributed by atoms with Crippen LogP contribution in [0.5, 0.6) is 11.5 Å². The van der Waals surface area contributed by atoms with E-state index in [4.69, 9.17) is 9.47 Å². The fraction of sp³-hybridized carbons (Fsp3) is 0.0625. The zero-order valence-corrected chi connectivity index (χ0v) is 10.6. The standard InChI is InChI=1S/C16H14O3/c1-3-12-11-14(9-10-15(12)16(17)18-2)19-13-7-5-4-6-8-13/h3-11H,1H2,2H3. The predicted octanol–water partition coefficient (Wildman–Crippen LogP) is 3.91. The van der Waals surface area contributed by atoms with Gasteiger partial charge in [-0.05, 0) is 35.9 Å². The molecule has 0 fully saturated rings. The van der Waals surface area contributed by atoms with Gasteiger partial charge >= 0.3 is 5.97 Å². The van der Waals surface area contributed by atoms with Crippen molar-refractivity contribution in [2.24, 2.45) is 0 Å². The van der Waals surface area contributed by atoms with Gasteiger partial charge in [0, 0.05) is 0 Å². The lowest BCUT2D eigenvalue weighted by Gasteiger charge is -2.09. The Balaban J connectivity index is 2.29. The molecule has 0 spiro atoms. The Labute approximate surface area is 112 Å². The molecule has 0 radical (unpaired) electrons. The van der Waals surface area contributed by atoms with Gasteiger partial charge in [-0.2, -0.15) is 0 Å². The maximum absolute atomic E-state index is 11.6. The van der Waals surface area contributed by atoms with Crippen LogP contribution in [0.15, 0.2) is 55.1 Å². The molecule has 96 valence electrons. The Morgan fingerprint density at radius 1 is 1.11 bits per heavy atom. The highest BCUT2D eigenvalue weighted by molar-refractivity contribution is 5.93. The SMILES string of the molecule is C=Cc1cc(Oc2ccccc2)ccc1C(=O)OC. The first-order valence-corrected chi connectivity index (χ1v) is 5.82. The van der Waals surface area contributed by atoms with Gasteiger partial charge in [0.15, 0.2) is 0 Å². The molecule has 0 saturated heterocycles. The summed E-state index contributed by atoms with van der Waals surface area (Å²) in [6.07, 6.45) is 1.60. The van der Waals surface area contributed by atoms with Gasteiger partial charge < -0.3 is 9.47 Å². The number of ether oxygens (including phenoxy) is 2. The maximum Gasteiger partial charge on any atom is 0.338 e. The van der Waals surface area contributed by atoms with Crippen molar-refractivity contribution >= 4 is 12.0 Å². The Hall–Kier alpha value is -2.55. The smallest absolute Gasteiger partial charge is 0.338 e.